The van der Waals surface area contributed by atoms with Gasteiger partial charge in [0, 0.05) is 20.4 Å². The molecule has 0 saturated carbocycles. The van der Waals surface area contributed by atoms with Crippen molar-refractivity contribution in [3.05, 3.63) is 0 Å². The van der Waals surface area contributed by atoms with Gasteiger partial charge in [-0.25, -0.2) is 4.31 Å². The molecule has 0 N–H and O–H groups in total. The van der Waals surface area contributed by atoms with E-state index in [1.54, 1.807) is 0 Å². The van der Waals surface area contributed by atoms with E-state index in [1.807, 2.05) is 0 Å². The first-order valence-electron chi connectivity index (χ1n) is 3.21. The fourth-order valence-corrected chi connectivity index (χ4v) is 5.01. The van der Waals surface area contributed by atoms with Crippen LogP contribution in [0.1, 0.15) is 0 Å². The molecule has 78 valence electrons. The van der Waals surface area contributed by atoms with Gasteiger partial charge in [0.2, 0.25) is 0 Å². The van der Waals surface area contributed by atoms with E-state index in [1.165, 1.54) is 6.66 Å². The third-order valence-corrected chi connectivity index (χ3v) is 6.03. The van der Waals surface area contributed by atoms with Crippen molar-refractivity contribution in [1.82, 2.24) is 0 Å². The SMILES string of the molecule is COP(C)(=O)OP(C)(=O)O[P+](C)=O. The van der Waals surface area contributed by atoms with Gasteiger partial charge in [0.15, 0.2) is 6.66 Å². The van der Waals surface area contributed by atoms with Crippen molar-refractivity contribution in [2.24, 2.45) is 0 Å². The molecule has 0 aliphatic rings. The maximum atomic E-state index is 11.3. The zero-order chi connectivity index (χ0) is 10.7. The third-order valence-electron chi connectivity index (χ3n) is 0.892. The highest BCUT2D eigenvalue weighted by Crippen LogP contribution is 2.63. The lowest BCUT2D eigenvalue weighted by Gasteiger charge is -2.12. The van der Waals surface area contributed by atoms with E-state index in [-0.39, 0.29) is 0 Å². The standard InChI is InChI=1S/C4H12O6P3/c1-8-12(3,6)10-13(4,7)9-11(2)5/h1-4H3/q+1. The number of hydrogen-bond donors (Lipinski definition) is 0. The van der Waals surface area contributed by atoms with Gasteiger partial charge in [0.05, 0.1) is 0 Å². The molecular weight excluding hydrogens is 237 g/mol. The Labute approximate surface area is 77.9 Å². The second kappa shape index (κ2) is 4.79. The molecule has 0 amide bonds. The van der Waals surface area contributed by atoms with Crippen molar-refractivity contribution >= 4 is 23.2 Å². The largest absolute Gasteiger partial charge is 0.513 e. The van der Waals surface area contributed by atoms with Crippen molar-refractivity contribution < 1.29 is 26.8 Å². The highest BCUT2D eigenvalue weighted by molar-refractivity contribution is 7.69. The smallest absolute Gasteiger partial charge is 0.312 e. The molecule has 0 aromatic carbocycles. The maximum absolute atomic E-state index is 11.3. The van der Waals surface area contributed by atoms with Crippen molar-refractivity contribution in [1.29, 1.82) is 0 Å². The summed E-state index contributed by atoms with van der Waals surface area (Å²) in [6.07, 6.45) is 0. The second-order valence-corrected chi connectivity index (χ2v) is 7.96. The molecule has 13 heavy (non-hydrogen) atoms. The first-order valence-corrected chi connectivity index (χ1v) is 8.81. The zero-order valence-corrected chi connectivity index (χ0v) is 10.5. The van der Waals surface area contributed by atoms with Crippen LogP contribution < -0.4 is 0 Å². The lowest BCUT2D eigenvalue weighted by Crippen LogP contribution is -1.89. The molecule has 0 aromatic rings. The molecule has 0 rings (SSSR count). The van der Waals surface area contributed by atoms with E-state index in [9.17, 15) is 13.7 Å². The average molecular weight is 249 g/mol. The van der Waals surface area contributed by atoms with E-state index >= 15 is 0 Å². The van der Waals surface area contributed by atoms with Crippen LogP contribution in [-0.4, -0.2) is 27.1 Å². The lowest BCUT2D eigenvalue weighted by molar-refractivity contribution is 0.310. The molecule has 0 radical (unpaired) electrons. The Kier molecular flexibility index (Phi) is 4.95. The summed E-state index contributed by atoms with van der Waals surface area (Å²) in [6.45, 7) is 3.45. The summed E-state index contributed by atoms with van der Waals surface area (Å²) in [5.41, 5.74) is 0. The Balaban J connectivity index is 4.43. The fourth-order valence-electron chi connectivity index (χ4n) is 0.527. The number of rotatable bonds is 5. The van der Waals surface area contributed by atoms with Gasteiger partial charge < -0.3 is 4.52 Å². The number of hydrogen-bond acceptors (Lipinski definition) is 6. The molecule has 0 heterocycles. The molecule has 9 heteroatoms. The van der Waals surface area contributed by atoms with Gasteiger partial charge >= 0.3 is 23.2 Å². The summed E-state index contributed by atoms with van der Waals surface area (Å²) >= 11 is 0. The Morgan fingerprint density at radius 2 is 1.62 bits per heavy atom. The molecule has 0 aromatic heterocycles. The molecule has 3 unspecified atom stereocenters. The van der Waals surface area contributed by atoms with Crippen LogP contribution in [-0.2, 0) is 26.8 Å². The minimum absolute atomic E-state index is 1.08. The minimum Gasteiger partial charge on any atom is -0.312 e. The fraction of sp³-hybridized carbons (Fsp3) is 1.00. The van der Waals surface area contributed by atoms with E-state index in [0.29, 0.717) is 0 Å². The van der Waals surface area contributed by atoms with Crippen molar-refractivity contribution in [2.75, 3.05) is 27.1 Å². The van der Waals surface area contributed by atoms with Crippen LogP contribution in [0.25, 0.3) is 0 Å². The molecule has 0 aliphatic heterocycles. The van der Waals surface area contributed by atoms with Gasteiger partial charge in [-0.05, 0) is 4.57 Å². The molecule has 0 saturated heterocycles. The summed E-state index contributed by atoms with van der Waals surface area (Å²) in [4.78, 5) is 0. The predicted molar refractivity (Wildman–Crippen MR) is 49.8 cm³/mol. The Morgan fingerprint density at radius 3 is 1.92 bits per heavy atom. The summed E-state index contributed by atoms with van der Waals surface area (Å²) in [5.74, 6) is 0. The van der Waals surface area contributed by atoms with E-state index in [4.69, 9.17) is 0 Å². The van der Waals surface area contributed by atoms with Crippen molar-refractivity contribution in [2.45, 2.75) is 0 Å². The first kappa shape index (κ1) is 13.4. The zero-order valence-electron chi connectivity index (χ0n) is 7.79. The molecule has 3 atom stereocenters. The van der Waals surface area contributed by atoms with Crippen LogP contribution in [0.2, 0.25) is 0 Å². The van der Waals surface area contributed by atoms with Crippen molar-refractivity contribution in [3.8, 4) is 0 Å². The second-order valence-electron chi connectivity index (χ2n) is 2.33. The topological polar surface area (TPSA) is 78.9 Å². The normalized spacial score (nSPS) is 21.7. The van der Waals surface area contributed by atoms with Gasteiger partial charge in [-0.3, -0.25) is 9.13 Å². The van der Waals surface area contributed by atoms with Gasteiger partial charge in [-0.15, -0.1) is 0 Å². The summed E-state index contributed by atoms with van der Waals surface area (Å²) < 4.78 is 46.6. The molecule has 0 spiro atoms. The van der Waals surface area contributed by atoms with Gasteiger partial charge in [-0.2, -0.15) is 0 Å². The lowest BCUT2D eigenvalue weighted by atomic mass is 11.8. The Bertz CT molecular complexity index is 286. The third kappa shape index (κ3) is 6.50. The quantitative estimate of drug-likeness (QED) is 0.697. The van der Waals surface area contributed by atoms with Gasteiger partial charge in [-0.1, -0.05) is 4.31 Å². The minimum atomic E-state index is -3.56. The highest BCUT2D eigenvalue weighted by Gasteiger charge is 2.34. The maximum Gasteiger partial charge on any atom is 0.513 e. The molecule has 0 aliphatic carbocycles. The van der Waals surface area contributed by atoms with E-state index in [2.05, 4.69) is 13.1 Å². The van der Waals surface area contributed by atoms with E-state index < -0.39 is 23.2 Å². The van der Waals surface area contributed by atoms with Crippen LogP contribution in [0.5, 0.6) is 0 Å². The van der Waals surface area contributed by atoms with Crippen LogP contribution in [0.15, 0.2) is 0 Å². The van der Waals surface area contributed by atoms with E-state index in [0.717, 1.165) is 20.4 Å². The first-order chi connectivity index (χ1) is 5.68. The predicted octanol–water partition coefficient (Wildman–Crippen LogP) is 2.68. The highest BCUT2D eigenvalue weighted by atomic mass is 31.3. The average Bonchev–Trinajstić information content (AvgIpc) is 1.81. The van der Waals surface area contributed by atoms with Crippen LogP contribution in [0, 0.1) is 0 Å². The van der Waals surface area contributed by atoms with Crippen LogP contribution in [0.4, 0.5) is 0 Å². The monoisotopic (exact) mass is 249 g/mol. The molecule has 6 nitrogen and oxygen atoms in total. The van der Waals surface area contributed by atoms with Gasteiger partial charge in [0.1, 0.15) is 0 Å². The van der Waals surface area contributed by atoms with Crippen LogP contribution >= 0.6 is 23.2 Å². The summed E-state index contributed by atoms with van der Waals surface area (Å²) in [7, 11) is -7.83. The Morgan fingerprint density at radius 1 is 1.15 bits per heavy atom. The molecule has 0 fully saturated rings. The summed E-state index contributed by atoms with van der Waals surface area (Å²) in [6, 6.07) is 0. The van der Waals surface area contributed by atoms with Crippen LogP contribution in [0.3, 0.4) is 0 Å². The Hall–Kier alpha value is 0.440. The molecular formula is C4H12O6P3+. The molecule has 0 bridgehead atoms. The van der Waals surface area contributed by atoms with Crippen molar-refractivity contribution in [3.63, 3.8) is 0 Å². The van der Waals surface area contributed by atoms with Gasteiger partial charge in [0.25, 0.3) is 0 Å². The summed E-state index contributed by atoms with van der Waals surface area (Å²) in [5, 5.41) is 0.